The summed E-state index contributed by atoms with van der Waals surface area (Å²) >= 11 is 0. The van der Waals surface area contributed by atoms with Crippen LogP contribution in [-0.2, 0) is 9.53 Å². The van der Waals surface area contributed by atoms with Crippen molar-refractivity contribution >= 4 is 5.97 Å². The minimum absolute atomic E-state index is 0.0769. The van der Waals surface area contributed by atoms with Gasteiger partial charge in [-0.3, -0.25) is 0 Å². The highest BCUT2D eigenvalue weighted by molar-refractivity contribution is 5.87. The van der Waals surface area contributed by atoms with Crippen LogP contribution in [0.15, 0.2) is 12.2 Å². The van der Waals surface area contributed by atoms with Gasteiger partial charge in [0.05, 0.1) is 5.60 Å². The predicted molar refractivity (Wildman–Crippen MR) is 77.0 cm³/mol. The fraction of sp³-hybridized carbons (Fsp3) is 0.824. The summed E-state index contributed by atoms with van der Waals surface area (Å²) in [5.41, 5.74) is -0.656. The van der Waals surface area contributed by atoms with E-state index in [-0.39, 0.29) is 17.0 Å². The van der Waals surface area contributed by atoms with Crippen molar-refractivity contribution in [2.24, 2.45) is 17.3 Å². The third kappa shape index (κ3) is 2.02. The Balaban J connectivity index is 1.91. The van der Waals surface area contributed by atoms with Gasteiger partial charge in [0.15, 0.2) is 0 Å². The minimum atomic E-state index is -0.703. The fourth-order valence-electron chi connectivity index (χ4n) is 5.30. The maximum Gasteiger partial charge on any atom is 0.333 e. The van der Waals surface area contributed by atoms with Crippen LogP contribution in [0.5, 0.6) is 0 Å². The Morgan fingerprint density at radius 3 is 2.25 bits per heavy atom. The van der Waals surface area contributed by atoms with Crippen LogP contribution in [0.25, 0.3) is 0 Å². The lowest BCUT2D eigenvalue weighted by molar-refractivity contribution is -0.232. The second kappa shape index (κ2) is 4.09. The Labute approximate surface area is 121 Å². The Hall–Kier alpha value is -0.830. The van der Waals surface area contributed by atoms with Crippen LogP contribution in [0.3, 0.4) is 0 Å². The van der Waals surface area contributed by atoms with E-state index in [0.717, 1.165) is 32.1 Å². The fourth-order valence-corrected chi connectivity index (χ4v) is 5.30. The lowest BCUT2D eigenvalue weighted by Crippen LogP contribution is -2.63. The van der Waals surface area contributed by atoms with Crippen LogP contribution in [0.1, 0.15) is 59.3 Å². The molecule has 2 unspecified atom stereocenters. The highest BCUT2D eigenvalue weighted by Crippen LogP contribution is 2.65. The number of rotatable bonds is 3. The largest absolute Gasteiger partial charge is 0.456 e. The molecule has 4 bridgehead atoms. The summed E-state index contributed by atoms with van der Waals surface area (Å²) < 4.78 is 5.88. The minimum Gasteiger partial charge on any atom is -0.456 e. The van der Waals surface area contributed by atoms with Gasteiger partial charge in [0.2, 0.25) is 0 Å². The van der Waals surface area contributed by atoms with Gasteiger partial charge in [0, 0.05) is 11.0 Å². The molecule has 0 aromatic rings. The van der Waals surface area contributed by atoms with E-state index >= 15 is 0 Å². The van der Waals surface area contributed by atoms with Gasteiger partial charge in [-0.1, -0.05) is 6.58 Å². The maximum absolute atomic E-state index is 12.0. The first-order valence-electron chi connectivity index (χ1n) is 7.76. The molecule has 112 valence electrons. The van der Waals surface area contributed by atoms with E-state index in [1.54, 1.807) is 6.92 Å². The van der Waals surface area contributed by atoms with Crippen molar-refractivity contribution in [3.05, 3.63) is 12.2 Å². The van der Waals surface area contributed by atoms with E-state index in [2.05, 4.69) is 6.58 Å². The molecule has 2 atom stereocenters. The lowest BCUT2D eigenvalue weighted by Gasteiger charge is -2.64. The van der Waals surface area contributed by atoms with E-state index < -0.39 is 5.60 Å². The Kier molecular flexibility index (Phi) is 2.89. The van der Waals surface area contributed by atoms with E-state index in [1.807, 2.05) is 13.8 Å². The van der Waals surface area contributed by atoms with E-state index in [4.69, 9.17) is 4.74 Å². The Bertz CT molecular complexity index is 443. The van der Waals surface area contributed by atoms with Gasteiger partial charge in [-0.15, -0.1) is 0 Å². The zero-order valence-corrected chi connectivity index (χ0v) is 12.9. The molecule has 0 aromatic carbocycles. The number of aliphatic hydroxyl groups is 1. The first-order chi connectivity index (χ1) is 9.15. The first-order valence-corrected chi connectivity index (χ1v) is 7.76. The third-order valence-electron chi connectivity index (χ3n) is 5.96. The van der Waals surface area contributed by atoms with E-state index in [1.165, 1.54) is 6.42 Å². The normalized spacial score (nSPS) is 42.6. The van der Waals surface area contributed by atoms with Crippen LogP contribution in [0.2, 0.25) is 0 Å². The number of carbonyl (C=O) groups excluding carboxylic acids is 1. The lowest BCUT2D eigenvalue weighted by atomic mass is 9.44. The van der Waals surface area contributed by atoms with Crippen LogP contribution in [0, 0.1) is 17.3 Å². The smallest absolute Gasteiger partial charge is 0.333 e. The van der Waals surface area contributed by atoms with Gasteiger partial charge in [-0.2, -0.15) is 0 Å². The molecule has 4 rings (SSSR count). The molecule has 0 radical (unpaired) electrons. The van der Waals surface area contributed by atoms with Gasteiger partial charge < -0.3 is 9.84 Å². The zero-order chi connectivity index (χ0) is 14.8. The molecule has 0 heterocycles. The molecule has 0 aliphatic heterocycles. The van der Waals surface area contributed by atoms with Gasteiger partial charge in [0.1, 0.15) is 5.60 Å². The van der Waals surface area contributed by atoms with Crippen molar-refractivity contribution in [2.75, 3.05) is 0 Å². The SMILES string of the molecule is C=C(C)C(=O)OC12CC3CC(C1)CC(C(C)(C)O)(C3)C2. The van der Waals surface area contributed by atoms with E-state index in [0.29, 0.717) is 17.4 Å². The molecule has 4 aliphatic carbocycles. The number of carbonyl (C=O) groups is 1. The van der Waals surface area contributed by atoms with Crippen molar-refractivity contribution in [3.63, 3.8) is 0 Å². The monoisotopic (exact) mass is 278 g/mol. The highest BCUT2D eigenvalue weighted by atomic mass is 16.6. The molecule has 0 aromatic heterocycles. The standard InChI is InChI=1S/C17H26O3/c1-11(2)14(18)20-17-8-12-5-13(9-17)7-16(6-12,10-17)15(3,4)19/h12-13,19H,1,5-10H2,2-4H3. The number of hydrogen-bond acceptors (Lipinski definition) is 3. The van der Waals surface area contributed by atoms with Crippen molar-refractivity contribution in [2.45, 2.75) is 70.5 Å². The second-order valence-electron chi connectivity index (χ2n) is 8.15. The number of esters is 1. The van der Waals surface area contributed by atoms with Crippen LogP contribution >= 0.6 is 0 Å². The van der Waals surface area contributed by atoms with Crippen LogP contribution < -0.4 is 0 Å². The first kappa shape index (κ1) is 14.1. The van der Waals surface area contributed by atoms with Crippen molar-refractivity contribution < 1.29 is 14.6 Å². The summed E-state index contributed by atoms with van der Waals surface area (Å²) in [6, 6.07) is 0. The van der Waals surface area contributed by atoms with Gasteiger partial charge in [-0.25, -0.2) is 4.79 Å². The predicted octanol–water partition coefficient (Wildman–Crippen LogP) is 3.22. The van der Waals surface area contributed by atoms with E-state index in [9.17, 15) is 9.90 Å². The topological polar surface area (TPSA) is 46.5 Å². The maximum atomic E-state index is 12.0. The average molecular weight is 278 g/mol. The summed E-state index contributed by atoms with van der Waals surface area (Å²) in [5, 5.41) is 10.7. The quantitative estimate of drug-likeness (QED) is 0.637. The van der Waals surface area contributed by atoms with Crippen LogP contribution in [-0.4, -0.2) is 22.3 Å². The number of hydrogen-bond donors (Lipinski definition) is 1. The summed E-state index contributed by atoms with van der Waals surface area (Å²) in [7, 11) is 0. The van der Waals surface area contributed by atoms with Gasteiger partial charge >= 0.3 is 5.97 Å². The molecule has 3 nitrogen and oxygen atoms in total. The second-order valence-corrected chi connectivity index (χ2v) is 8.15. The van der Waals surface area contributed by atoms with Crippen molar-refractivity contribution in [3.8, 4) is 0 Å². The van der Waals surface area contributed by atoms with Crippen LogP contribution in [0.4, 0.5) is 0 Å². The molecule has 20 heavy (non-hydrogen) atoms. The average Bonchev–Trinajstić information content (AvgIpc) is 2.24. The van der Waals surface area contributed by atoms with Crippen molar-refractivity contribution in [1.82, 2.24) is 0 Å². The number of ether oxygens (including phenoxy) is 1. The Morgan fingerprint density at radius 2 is 1.80 bits per heavy atom. The zero-order valence-electron chi connectivity index (χ0n) is 12.9. The summed E-state index contributed by atoms with van der Waals surface area (Å²) in [4.78, 5) is 12.0. The molecule has 4 fully saturated rings. The molecule has 3 heteroatoms. The van der Waals surface area contributed by atoms with Gasteiger partial charge in [0.25, 0.3) is 0 Å². The molecule has 0 saturated heterocycles. The molecule has 4 aliphatic rings. The summed E-state index contributed by atoms with van der Waals surface area (Å²) in [5.74, 6) is 0.930. The summed E-state index contributed by atoms with van der Waals surface area (Å²) in [6.07, 6.45) is 6.17. The molecule has 1 N–H and O–H groups in total. The highest BCUT2D eigenvalue weighted by Gasteiger charge is 2.63. The summed E-state index contributed by atoms with van der Waals surface area (Å²) in [6.45, 7) is 9.25. The molecule has 0 amide bonds. The Morgan fingerprint density at radius 1 is 1.25 bits per heavy atom. The molecule has 0 spiro atoms. The molecule has 4 saturated carbocycles. The van der Waals surface area contributed by atoms with Gasteiger partial charge in [-0.05, 0) is 71.1 Å². The molecular formula is C17H26O3. The third-order valence-corrected chi connectivity index (χ3v) is 5.96. The van der Waals surface area contributed by atoms with Crippen molar-refractivity contribution in [1.29, 1.82) is 0 Å². The molecular weight excluding hydrogens is 252 g/mol.